The summed E-state index contributed by atoms with van der Waals surface area (Å²) in [6.07, 6.45) is 4.15. The van der Waals surface area contributed by atoms with Gasteiger partial charge in [0.15, 0.2) is 12.4 Å². The molecule has 4 nitrogen and oxygen atoms in total. The summed E-state index contributed by atoms with van der Waals surface area (Å²) in [5.41, 5.74) is 3.28. The van der Waals surface area contributed by atoms with E-state index in [2.05, 4.69) is 13.8 Å². The number of carbonyl (C=O) groups is 2. The van der Waals surface area contributed by atoms with Gasteiger partial charge in [-0.05, 0) is 35.4 Å². The molecule has 0 unspecified atom stereocenters. The zero-order valence-electron chi connectivity index (χ0n) is 16.1. The number of para-hydroxylation sites is 1. The Kier molecular flexibility index (Phi) is 5.45. The zero-order chi connectivity index (χ0) is 20.3. The Morgan fingerprint density at radius 2 is 1.89 bits per heavy atom. The van der Waals surface area contributed by atoms with Crippen molar-refractivity contribution in [3.8, 4) is 0 Å². The third kappa shape index (κ3) is 4.03. The molecule has 0 aliphatic carbocycles. The van der Waals surface area contributed by atoms with Gasteiger partial charge in [0, 0.05) is 36.0 Å². The Balaban J connectivity index is 1.63. The highest BCUT2D eigenvalue weighted by molar-refractivity contribution is 5.96. The van der Waals surface area contributed by atoms with Gasteiger partial charge in [0.25, 0.3) is 0 Å². The van der Waals surface area contributed by atoms with Gasteiger partial charge >= 0.3 is 5.97 Å². The number of ketones is 1. The van der Waals surface area contributed by atoms with Gasteiger partial charge in [-0.15, -0.1) is 0 Å². The van der Waals surface area contributed by atoms with Crippen molar-refractivity contribution in [2.75, 3.05) is 18.6 Å². The van der Waals surface area contributed by atoms with Crippen LogP contribution in [0.2, 0.25) is 0 Å². The van der Waals surface area contributed by atoms with Crippen LogP contribution in [0.25, 0.3) is 6.08 Å². The van der Waals surface area contributed by atoms with Crippen molar-refractivity contribution in [2.24, 2.45) is 0 Å². The molecule has 2 aromatic carbocycles. The summed E-state index contributed by atoms with van der Waals surface area (Å²) in [6, 6.07) is 13.8. The third-order valence-corrected chi connectivity index (χ3v) is 4.86. The predicted molar refractivity (Wildman–Crippen MR) is 107 cm³/mol. The minimum atomic E-state index is -0.654. The fourth-order valence-corrected chi connectivity index (χ4v) is 3.42. The lowest BCUT2D eigenvalue weighted by Crippen LogP contribution is -2.25. The largest absolute Gasteiger partial charge is 0.454 e. The zero-order valence-corrected chi connectivity index (χ0v) is 16.1. The van der Waals surface area contributed by atoms with Crippen molar-refractivity contribution in [1.29, 1.82) is 0 Å². The minimum Gasteiger partial charge on any atom is -0.454 e. The van der Waals surface area contributed by atoms with Crippen molar-refractivity contribution in [3.05, 3.63) is 83.3 Å². The monoisotopic (exact) mass is 379 g/mol. The van der Waals surface area contributed by atoms with E-state index >= 15 is 0 Å². The molecular formula is C23H22FNO3. The molecule has 1 aliphatic heterocycles. The number of fused-ring (bicyclic) bond motifs is 1. The first kappa shape index (κ1) is 19.5. The fourth-order valence-electron chi connectivity index (χ4n) is 3.42. The molecule has 0 atom stereocenters. The lowest BCUT2D eigenvalue weighted by atomic mass is 9.83. The van der Waals surface area contributed by atoms with Crippen LogP contribution >= 0.6 is 0 Å². The molecule has 0 spiro atoms. The molecular weight excluding hydrogens is 357 g/mol. The number of halogens is 1. The standard InChI is InChI=1S/C23H22FNO3/c1-23(2)19-9-4-5-10-20(19)25(3)21(23)14-18(26)15-28-22(27)12-11-16-7-6-8-17(24)13-16/h4-14H,15H2,1-3H3. The van der Waals surface area contributed by atoms with Crippen molar-refractivity contribution in [2.45, 2.75) is 19.3 Å². The van der Waals surface area contributed by atoms with E-state index < -0.39 is 5.97 Å². The topological polar surface area (TPSA) is 46.6 Å². The second kappa shape index (κ2) is 7.80. The number of ether oxygens (including phenoxy) is 1. The van der Waals surface area contributed by atoms with Crippen LogP contribution in [0.5, 0.6) is 0 Å². The number of allylic oxidation sites excluding steroid dienone is 1. The van der Waals surface area contributed by atoms with Gasteiger partial charge in [0.05, 0.1) is 0 Å². The van der Waals surface area contributed by atoms with E-state index in [9.17, 15) is 14.0 Å². The summed E-state index contributed by atoms with van der Waals surface area (Å²) < 4.78 is 18.1. The van der Waals surface area contributed by atoms with Crippen molar-refractivity contribution < 1.29 is 18.7 Å². The summed E-state index contributed by atoms with van der Waals surface area (Å²) in [7, 11) is 1.92. The van der Waals surface area contributed by atoms with Gasteiger partial charge in [-0.25, -0.2) is 9.18 Å². The number of nitrogens with zero attached hydrogens (tertiary/aromatic N) is 1. The van der Waals surface area contributed by atoms with Gasteiger partial charge in [-0.2, -0.15) is 0 Å². The highest BCUT2D eigenvalue weighted by Crippen LogP contribution is 2.46. The van der Waals surface area contributed by atoms with Gasteiger partial charge in [0.2, 0.25) is 0 Å². The molecule has 0 bridgehead atoms. The van der Waals surface area contributed by atoms with Gasteiger partial charge in [-0.1, -0.05) is 44.2 Å². The smallest absolute Gasteiger partial charge is 0.331 e. The second-order valence-electron chi connectivity index (χ2n) is 7.19. The molecule has 28 heavy (non-hydrogen) atoms. The number of hydrogen-bond acceptors (Lipinski definition) is 4. The van der Waals surface area contributed by atoms with E-state index in [0.29, 0.717) is 5.56 Å². The van der Waals surface area contributed by atoms with Crippen LogP contribution in [0.3, 0.4) is 0 Å². The third-order valence-electron chi connectivity index (χ3n) is 4.86. The van der Waals surface area contributed by atoms with E-state index in [0.717, 1.165) is 16.9 Å². The number of rotatable bonds is 5. The lowest BCUT2D eigenvalue weighted by Gasteiger charge is -2.23. The van der Waals surface area contributed by atoms with Crippen LogP contribution in [-0.2, 0) is 19.7 Å². The Morgan fingerprint density at radius 3 is 2.61 bits per heavy atom. The normalized spacial score (nSPS) is 16.4. The Bertz CT molecular complexity index is 975. The number of benzene rings is 2. The highest BCUT2D eigenvalue weighted by atomic mass is 19.1. The molecule has 0 saturated heterocycles. The summed E-state index contributed by atoms with van der Waals surface area (Å²) >= 11 is 0. The second-order valence-corrected chi connectivity index (χ2v) is 7.19. The molecule has 0 radical (unpaired) electrons. The molecule has 0 amide bonds. The lowest BCUT2D eigenvalue weighted by molar-refractivity contribution is -0.141. The molecule has 144 valence electrons. The van der Waals surface area contributed by atoms with Crippen LogP contribution in [-0.4, -0.2) is 25.4 Å². The first-order valence-corrected chi connectivity index (χ1v) is 8.97. The van der Waals surface area contributed by atoms with Crippen molar-refractivity contribution >= 4 is 23.5 Å². The van der Waals surface area contributed by atoms with Crippen molar-refractivity contribution in [3.63, 3.8) is 0 Å². The summed E-state index contributed by atoms with van der Waals surface area (Å²) in [5, 5.41) is 0. The van der Waals surface area contributed by atoms with E-state index in [1.807, 2.05) is 36.2 Å². The fraction of sp³-hybridized carbons (Fsp3) is 0.217. The van der Waals surface area contributed by atoms with Gasteiger partial charge in [-0.3, -0.25) is 4.79 Å². The van der Waals surface area contributed by atoms with E-state index in [4.69, 9.17) is 4.74 Å². The number of anilines is 1. The molecule has 0 fully saturated rings. The van der Waals surface area contributed by atoms with E-state index in [1.165, 1.54) is 30.4 Å². The number of hydrogen-bond donors (Lipinski definition) is 0. The molecule has 0 N–H and O–H groups in total. The van der Waals surface area contributed by atoms with Crippen LogP contribution in [0.4, 0.5) is 10.1 Å². The molecule has 5 heteroatoms. The van der Waals surface area contributed by atoms with Crippen LogP contribution in [0, 0.1) is 5.82 Å². The summed E-state index contributed by atoms with van der Waals surface area (Å²) in [5.74, 6) is -1.34. The molecule has 3 rings (SSSR count). The molecule has 0 aromatic heterocycles. The molecule has 2 aromatic rings. The molecule has 0 saturated carbocycles. The maximum atomic E-state index is 13.1. The van der Waals surface area contributed by atoms with E-state index in [-0.39, 0.29) is 23.6 Å². The molecule has 1 aliphatic rings. The van der Waals surface area contributed by atoms with Crippen LogP contribution < -0.4 is 4.90 Å². The highest BCUT2D eigenvalue weighted by Gasteiger charge is 2.38. The minimum absolute atomic E-state index is 0.296. The maximum absolute atomic E-state index is 13.1. The first-order valence-electron chi connectivity index (χ1n) is 8.97. The average molecular weight is 379 g/mol. The van der Waals surface area contributed by atoms with E-state index in [1.54, 1.807) is 12.1 Å². The summed E-state index contributed by atoms with van der Waals surface area (Å²) in [4.78, 5) is 26.2. The van der Waals surface area contributed by atoms with Gasteiger partial charge in [0.1, 0.15) is 5.82 Å². The number of likely N-dealkylation sites (N-methyl/N-ethyl adjacent to an activating group) is 1. The van der Waals surface area contributed by atoms with Gasteiger partial charge < -0.3 is 9.64 Å². The SMILES string of the molecule is CN1C(=CC(=O)COC(=O)C=Cc2cccc(F)c2)C(C)(C)c2ccccc21. The maximum Gasteiger partial charge on any atom is 0.331 e. The van der Waals surface area contributed by atoms with Crippen molar-refractivity contribution in [1.82, 2.24) is 0 Å². The first-order chi connectivity index (χ1) is 13.3. The number of carbonyl (C=O) groups excluding carboxylic acids is 2. The summed E-state index contributed by atoms with van der Waals surface area (Å²) in [6.45, 7) is 3.76. The average Bonchev–Trinajstić information content (AvgIpc) is 2.86. The van der Waals surface area contributed by atoms with Crippen LogP contribution in [0.15, 0.2) is 66.4 Å². The molecule has 1 heterocycles. The quantitative estimate of drug-likeness (QED) is 0.575. The Hall–Kier alpha value is -3.21. The Morgan fingerprint density at radius 1 is 1.14 bits per heavy atom. The number of esters is 1. The Labute approximate surface area is 163 Å². The predicted octanol–water partition coefficient (Wildman–Crippen LogP) is 4.26. The van der Waals surface area contributed by atoms with Crippen LogP contribution in [0.1, 0.15) is 25.0 Å².